The van der Waals surface area contributed by atoms with Gasteiger partial charge in [-0.05, 0) is 23.8 Å². The Morgan fingerprint density at radius 2 is 2.00 bits per heavy atom. The van der Waals surface area contributed by atoms with E-state index in [2.05, 4.69) is 0 Å². The van der Waals surface area contributed by atoms with E-state index >= 15 is 0 Å². The van der Waals surface area contributed by atoms with E-state index in [1.54, 1.807) is 30.3 Å². The summed E-state index contributed by atoms with van der Waals surface area (Å²) in [6.45, 7) is -0.358. The van der Waals surface area contributed by atoms with Gasteiger partial charge in [-0.1, -0.05) is 18.2 Å². The number of carbonyl (C=O) groups is 2. The lowest BCUT2D eigenvalue weighted by molar-refractivity contribution is -0.139. The first-order valence-corrected chi connectivity index (χ1v) is 4.29. The van der Waals surface area contributed by atoms with E-state index in [1.807, 2.05) is 0 Å². The number of hydrogen-bond acceptors (Lipinski definition) is 3. The molecule has 4 nitrogen and oxygen atoms in total. The molecular weight excluding hydrogens is 196 g/mol. The van der Waals surface area contributed by atoms with Crippen molar-refractivity contribution in [3.63, 3.8) is 0 Å². The number of hydrogen-bond donors (Lipinski definition) is 1. The zero-order valence-electron chi connectivity index (χ0n) is 7.92. The highest BCUT2D eigenvalue weighted by atomic mass is 16.5. The second-order valence-corrected chi connectivity index (χ2v) is 2.75. The quantitative estimate of drug-likeness (QED) is 0.583. The summed E-state index contributed by atoms with van der Waals surface area (Å²) in [6, 6.07) is 6.76. The molecular formula is C11H10O4. The number of ether oxygens (including phenoxy) is 1. The third-order valence-electron chi connectivity index (χ3n) is 1.61. The van der Waals surface area contributed by atoms with E-state index < -0.39 is 5.97 Å². The number of rotatable bonds is 5. The van der Waals surface area contributed by atoms with E-state index in [0.29, 0.717) is 12.0 Å². The number of benzene rings is 1. The molecule has 1 aromatic rings. The first kappa shape index (κ1) is 11.0. The van der Waals surface area contributed by atoms with E-state index in [1.165, 1.54) is 6.08 Å². The fourth-order valence-electron chi connectivity index (χ4n) is 0.971. The molecule has 0 amide bonds. The van der Waals surface area contributed by atoms with Crippen LogP contribution in [0.4, 0.5) is 0 Å². The Bertz CT molecular complexity index is 365. The van der Waals surface area contributed by atoms with E-state index in [4.69, 9.17) is 9.84 Å². The maximum absolute atomic E-state index is 10.2. The zero-order valence-corrected chi connectivity index (χ0v) is 7.92. The molecule has 0 unspecified atom stereocenters. The molecule has 1 N–H and O–H groups in total. The highest BCUT2D eigenvalue weighted by Gasteiger charge is 1.98. The molecule has 1 aromatic carbocycles. The highest BCUT2D eigenvalue weighted by Crippen LogP contribution is 2.12. The normalized spacial score (nSPS) is 10.1. The van der Waals surface area contributed by atoms with Crippen LogP contribution < -0.4 is 4.74 Å². The molecule has 0 aliphatic heterocycles. The Hall–Kier alpha value is -2.10. The molecule has 0 radical (unpaired) electrons. The first-order chi connectivity index (χ1) is 7.22. The van der Waals surface area contributed by atoms with Gasteiger partial charge < -0.3 is 9.84 Å². The molecule has 0 fully saturated rings. The van der Waals surface area contributed by atoms with Crippen LogP contribution in [-0.2, 0) is 9.59 Å². The van der Waals surface area contributed by atoms with Crippen LogP contribution in [0.1, 0.15) is 5.56 Å². The van der Waals surface area contributed by atoms with Crippen molar-refractivity contribution < 1.29 is 19.4 Å². The van der Waals surface area contributed by atoms with Crippen LogP contribution in [0.3, 0.4) is 0 Å². The number of carbonyl (C=O) groups excluding carboxylic acids is 1. The van der Waals surface area contributed by atoms with Crippen molar-refractivity contribution in [2.45, 2.75) is 0 Å². The van der Waals surface area contributed by atoms with Gasteiger partial charge >= 0.3 is 5.97 Å². The fourth-order valence-corrected chi connectivity index (χ4v) is 0.971. The Morgan fingerprint density at radius 1 is 1.33 bits per heavy atom. The standard InChI is InChI=1S/C11H10O4/c12-7-1-2-9-3-5-10(6-4-9)15-8-11(13)14/h1-7H,8H2,(H,13,14). The van der Waals surface area contributed by atoms with E-state index in [-0.39, 0.29) is 6.61 Å². The Kier molecular flexibility index (Phi) is 4.09. The van der Waals surface area contributed by atoms with Crippen molar-refractivity contribution in [3.8, 4) is 5.75 Å². The van der Waals surface area contributed by atoms with Gasteiger partial charge in [-0.25, -0.2) is 4.79 Å². The minimum absolute atomic E-state index is 0.358. The SMILES string of the molecule is O=CC=Cc1ccc(OCC(=O)O)cc1. The van der Waals surface area contributed by atoms with Gasteiger partial charge in [0.15, 0.2) is 6.61 Å². The fraction of sp³-hybridized carbons (Fsp3) is 0.0909. The van der Waals surface area contributed by atoms with Gasteiger partial charge in [0.05, 0.1) is 0 Å². The van der Waals surface area contributed by atoms with Crippen LogP contribution in [0.25, 0.3) is 6.08 Å². The summed E-state index contributed by atoms with van der Waals surface area (Å²) < 4.78 is 4.93. The summed E-state index contributed by atoms with van der Waals surface area (Å²) in [5.74, 6) is -0.527. The topological polar surface area (TPSA) is 63.6 Å². The van der Waals surface area contributed by atoms with Gasteiger partial charge in [0.25, 0.3) is 0 Å². The summed E-state index contributed by atoms with van der Waals surface area (Å²) in [4.78, 5) is 20.3. The van der Waals surface area contributed by atoms with Crippen molar-refractivity contribution in [2.75, 3.05) is 6.61 Å². The van der Waals surface area contributed by atoms with E-state index in [9.17, 15) is 9.59 Å². The predicted molar refractivity (Wildman–Crippen MR) is 54.7 cm³/mol. The molecule has 0 saturated heterocycles. The van der Waals surface area contributed by atoms with Crippen LogP contribution in [-0.4, -0.2) is 24.0 Å². The first-order valence-electron chi connectivity index (χ1n) is 4.29. The maximum atomic E-state index is 10.2. The molecule has 15 heavy (non-hydrogen) atoms. The lowest BCUT2D eigenvalue weighted by atomic mass is 10.2. The molecule has 0 aliphatic carbocycles. The van der Waals surface area contributed by atoms with Crippen molar-refractivity contribution in [2.24, 2.45) is 0 Å². The monoisotopic (exact) mass is 206 g/mol. The van der Waals surface area contributed by atoms with Crippen LogP contribution in [0, 0.1) is 0 Å². The molecule has 0 spiro atoms. The summed E-state index contributed by atoms with van der Waals surface area (Å²) in [5.41, 5.74) is 0.852. The second-order valence-electron chi connectivity index (χ2n) is 2.75. The lowest BCUT2D eigenvalue weighted by Gasteiger charge is -2.02. The molecule has 1 rings (SSSR count). The molecule has 0 saturated carbocycles. The van der Waals surface area contributed by atoms with Crippen LogP contribution in [0.5, 0.6) is 5.75 Å². The van der Waals surface area contributed by atoms with Gasteiger partial charge in [0.2, 0.25) is 0 Å². The minimum atomic E-state index is -1.01. The summed E-state index contributed by atoms with van der Waals surface area (Å²) in [6.07, 6.45) is 3.72. The Labute approximate surface area is 86.8 Å². The molecule has 0 bridgehead atoms. The summed E-state index contributed by atoms with van der Waals surface area (Å²) in [5, 5.41) is 8.37. The second kappa shape index (κ2) is 5.59. The van der Waals surface area contributed by atoms with Crippen LogP contribution in [0.2, 0.25) is 0 Å². The number of allylic oxidation sites excluding steroid dienone is 1. The van der Waals surface area contributed by atoms with E-state index in [0.717, 1.165) is 5.56 Å². The molecule has 0 heterocycles. The third-order valence-corrected chi connectivity index (χ3v) is 1.61. The van der Waals surface area contributed by atoms with Gasteiger partial charge in [0.1, 0.15) is 12.0 Å². The zero-order chi connectivity index (χ0) is 11.1. The minimum Gasteiger partial charge on any atom is -0.482 e. The van der Waals surface area contributed by atoms with Gasteiger partial charge in [-0.15, -0.1) is 0 Å². The number of aliphatic carboxylic acids is 1. The Morgan fingerprint density at radius 3 is 2.53 bits per heavy atom. The smallest absolute Gasteiger partial charge is 0.341 e. The van der Waals surface area contributed by atoms with Gasteiger partial charge in [-0.3, -0.25) is 4.79 Å². The van der Waals surface area contributed by atoms with Crippen LogP contribution >= 0.6 is 0 Å². The van der Waals surface area contributed by atoms with Gasteiger partial charge in [0, 0.05) is 0 Å². The average Bonchev–Trinajstić information content (AvgIpc) is 2.25. The number of carboxylic acids is 1. The number of carboxylic acid groups (broad SMARTS) is 1. The molecule has 0 aromatic heterocycles. The number of aldehydes is 1. The predicted octanol–water partition coefficient (Wildman–Crippen LogP) is 1.36. The van der Waals surface area contributed by atoms with Gasteiger partial charge in [-0.2, -0.15) is 0 Å². The Balaban J connectivity index is 2.59. The van der Waals surface area contributed by atoms with Crippen molar-refractivity contribution in [1.82, 2.24) is 0 Å². The molecule has 0 aliphatic rings. The van der Waals surface area contributed by atoms with Crippen LogP contribution in [0.15, 0.2) is 30.3 Å². The van der Waals surface area contributed by atoms with Crippen molar-refractivity contribution in [3.05, 3.63) is 35.9 Å². The largest absolute Gasteiger partial charge is 0.482 e. The highest BCUT2D eigenvalue weighted by molar-refractivity contribution is 5.73. The lowest BCUT2D eigenvalue weighted by Crippen LogP contribution is -2.09. The average molecular weight is 206 g/mol. The summed E-state index contributed by atoms with van der Waals surface area (Å²) >= 11 is 0. The third kappa shape index (κ3) is 4.08. The molecule has 0 atom stereocenters. The van der Waals surface area contributed by atoms with Crippen molar-refractivity contribution in [1.29, 1.82) is 0 Å². The maximum Gasteiger partial charge on any atom is 0.341 e. The molecule has 4 heteroatoms. The summed E-state index contributed by atoms with van der Waals surface area (Å²) in [7, 11) is 0. The molecule has 78 valence electrons. The van der Waals surface area contributed by atoms with Crippen molar-refractivity contribution >= 4 is 18.3 Å².